The molecule has 1 aliphatic heterocycles. The fourth-order valence-electron chi connectivity index (χ4n) is 2.95. The first-order valence-electron chi connectivity index (χ1n) is 8.66. The lowest BCUT2D eigenvalue weighted by molar-refractivity contribution is -0.119. The lowest BCUT2D eigenvalue weighted by Gasteiger charge is -2.23. The summed E-state index contributed by atoms with van der Waals surface area (Å²) in [5.74, 6) is 0.190. The Morgan fingerprint density at radius 3 is 2.89 bits per heavy atom. The zero-order valence-corrected chi connectivity index (χ0v) is 14.8. The second kappa shape index (κ2) is 6.99. The van der Waals surface area contributed by atoms with E-state index in [1.807, 2.05) is 53.9 Å². The number of aryl methyl sites for hydroxylation is 1. The average molecular weight is 362 g/mol. The van der Waals surface area contributed by atoms with Crippen molar-refractivity contribution in [2.24, 2.45) is 5.10 Å². The van der Waals surface area contributed by atoms with Crippen LogP contribution in [0.15, 0.2) is 53.8 Å². The summed E-state index contributed by atoms with van der Waals surface area (Å²) >= 11 is 0. The number of hydrogen-bond acceptors (Lipinski definition) is 5. The lowest BCUT2D eigenvalue weighted by Crippen LogP contribution is -2.39. The standard InChI is InChI=1S/C19H18N6O2/c1-13-5-4-6-14(11-13)25-18(26)9-8-15(23-25)19(27)20-12-17-22-21-16-7-2-3-10-24(16)17/h2-7,10-11H,8-9,12H2,1H3,(H,20,27). The summed E-state index contributed by atoms with van der Waals surface area (Å²) in [6.07, 6.45) is 2.40. The molecule has 0 fully saturated rings. The van der Waals surface area contributed by atoms with Gasteiger partial charge in [-0.25, -0.2) is 5.01 Å². The van der Waals surface area contributed by atoms with Crippen LogP contribution in [0.2, 0.25) is 0 Å². The molecule has 3 heterocycles. The van der Waals surface area contributed by atoms with E-state index in [1.54, 1.807) is 6.07 Å². The predicted molar refractivity (Wildman–Crippen MR) is 100 cm³/mol. The Labute approximate surface area is 155 Å². The monoisotopic (exact) mass is 362 g/mol. The molecule has 8 nitrogen and oxygen atoms in total. The van der Waals surface area contributed by atoms with Crippen LogP contribution in [0.1, 0.15) is 24.2 Å². The van der Waals surface area contributed by atoms with Crippen molar-refractivity contribution in [3.8, 4) is 0 Å². The van der Waals surface area contributed by atoms with Gasteiger partial charge in [-0.2, -0.15) is 5.10 Å². The highest BCUT2D eigenvalue weighted by atomic mass is 16.2. The van der Waals surface area contributed by atoms with Gasteiger partial charge < -0.3 is 5.32 Å². The van der Waals surface area contributed by atoms with Crippen LogP contribution in [0.4, 0.5) is 5.69 Å². The van der Waals surface area contributed by atoms with E-state index >= 15 is 0 Å². The highest BCUT2D eigenvalue weighted by Gasteiger charge is 2.25. The van der Waals surface area contributed by atoms with Crippen molar-refractivity contribution in [2.45, 2.75) is 26.3 Å². The van der Waals surface area contributed by atoms with Crippen molar-refractivity contribution in [3.63, 3.8) is 0 Å². The molecule has 0 unspecified atom stereocenters. The van der Waals surface area contributed by atoms with Crippen LogP contribution in [-0.4, -0.2) is 32.1 Å². The molecule has 0 spiro atoms. The largest absolute Gasteiger partial charge is 0.344 e. The molecule has 0 atom stereocenters. The Hall–Kier alpha value is -3.55. The summed E-state index contributed by atoms with van der Waals surface area (Å²) in [5, 5.41) is 16.5. The average Bonchev–Trinajstić information content (AvgIpc) is 3.09. The van der Waals surface area contributed by atoms with Crippen molar-refractivity contribution < 1.29 is 9.59 Å². The quantitative estimate of drug-likeness (QED) is 0.766. The summed E-state index contributed by atoms with van der Waals surface area (Å²) < 4.78 is 1.81. The van der Waals surface area contributed by atoms with Crippen molar-refractivity contribution in [2.75, 3.05) is 5.01 Å². The number of nitrogens with one attached hydrogen (secondary N) is 1. The van der Waals surface area contributed by atoms with Gasteiger partial charge >= 0.3 is 0 Å². The minimum absolute atomic E-state index is 0.124. The maximum Gasteiger partial charge on any atom is 0.267 e. The summed E-state index contributed by atoms with van der Waals surface area (Å²) in [4.78, 5) is 24.8. The number of rotatable bonds is 4. The molecule has 1 aliphatic rings. The number of hydrogen-bond donors (Lipinski definition) is 1. The number of anilines is 1. The van der Waals surface area contributed by atoms with Gasteiger partial charge in [0.25, 0.3) is 5.91 Å². The molecule has 0 saturated heterocycles. The van der Waals surface area contributed by atoms with Crippen LogP contribution in [0.3, 0.4) is 0 Å². The Morgan fingerprint density at radius 1 is 1.15 bits per heavy atom. The topological polar surface area (TPSA) is 92.0 Å². The van der Waals surface area contributed by atoms with E-state index in [-0.39, 0.29) is 24.8 Å². The van der Waals surface area contributed by atoms with Gasteiger partial charge in [0.05, 0.1) is 12.2 Å². The molecule has 1 aromatic carbocycles. The first-order chi connectivity index (χ1) is 13.1. The molecule has 27 heavy (non-hydrogen) atoms. The molecule has 1 N–H and O–H groups in total. The van der Waals surface area contributed by atoms with Gasteiger partial charge in [-0.15, -0.1) is 10.2 Å². The van der Waals surface area contributed by atoms with Gasteiger partial charge in [-0.3, -0.25) is 14.0 Å². The van der Waals surface area contributed by atoms with Gasteiger partial charge in [0.2, 0.25) is 5.91 Å². The molecular formula is C19H18N6O2. The molecular weight excluding hydrogens is 344 g/mol. The van der Waals surface area contributed by atoms with Gasteiger partial charge in [-0.1, -0.05) is 18.2 Å². The van der Waals surface area contributed by atoms with Gasteiger partial charge in [0.15, 0.2) is 11.5 Å². The van der Waals surface area contributed by atoms with Gasteiger partial charge in [-0.05, 0) is 36.8 Å². The molecule has 0 saturated carbocycles. The van der Waals surface area contributed by atoms with E-state index in [1.165, 1.54) is 5.01 Å². The van der Waals surface area contributed by atoms with E-state index in [2.05, 4.69) is 20.6 Å². The number of carbonyl (C=O) groups is 2. The maximum atomic E-state index is 12.5. The molecule has 0 aliphatic carbocycles. The van der Waals surface area contributed by atoms with Crippen LogP contribution in [0, 0.1) is 6.92 Å². The van der Waals surface area contributed by atoms with Crippen molar-refractivity contribution in [3.05, 3.63) is 60.0 Å². The first-order valence-corrected chi connectivity index (χ1v) is 8.66. The Bertz CT molecular complexity index is 1060. The second-order valence-electron chi connectivity index (χ2n) is 6.32. The fourth-order valence-corrected chi connectivity index (χ4v) is 2.95. The van der Waals surface area contributed by atoms with Gasteiger partial charge in [0.1, 0.15) is 5.71 Å². The maximum absolute atomic E-state index is 12.5. The predicted octanol–water partition coefficient (Wildman–Crippen LogP) is 1.84. The molecule has 2 aromatic heterocycles. The van der Waals surface area contributed by atoms with E-state index in [0.717, 1.165) is 5.56 Å². The number of carbonyl (C=O) groups excluding carboxylic acids is 2. The molecule has 136 valence electrons. The molecule has 0 radical (unpaired) electrons. The highest BCUT2D eigenvalue weighted by Crippen LogP contribution is 2.21. The van der Waals surface area contributed by atoms with E-state index in [4.69, 9.17) is 0 Å². The second-order valence-corrected chi connectivity index (χ2v) is 6.32. The zero-order chi connectivity index (χ0) is 18.8. The molecule has 8 heteroatoms. The van der Waals surface area contributed by atoms with Crippen molar-refractivity contribution in [1.82, 2.24) is 19.9 Å². The summed E-state index contributed by atoms with van der Waals surface area (Å²) in [6, 6.07) is 13.1. The third kappa shape index (κ3) is 3.41. The molecule has 0 bridgehead atoms. The van der Waals surface area contributed by atoms with E-state index in [0.29, 0.717) is 29.3 Å². The minimum atomic E-state index is -0.312. The van der Waals surface area contributed by atoms with Crippen LogP contribution in [0.25, 0.3) is 5.65 Å². The van der Waals surface area contributed by atoms with Crippen LogP contribution in [0.5, 0.6) is 0 Å². The number of aromatic nitrogens is 3. The highest BCUT2D eigenvalue weighted by molar-refractivity contribution is 6.40. The lowest BCUT2D eigenvalue weighted by atomic mass is 10.1. The molecule has 4 rings (SSSR count). The molecule has 3 aromatic rings. The first kappa shape index (κ1) is 16.9. The van der Waals surface area contributed by atoms with Crippen LogP contribution in [-0.2, 0) is 16.1 Å². The van der Waals surface area contributed by atoms with Crippen LogP contribution < -0.4 is 10.3 Å². The zero-order valence-electron chi connectivity index (χ0n) is 14.8. The number of pyridine rings is 1. The summed E-state index contributed by atoms with van der Waals surface area (Å²) in [5.41, 5.74) is 2.72. The van der Waals surface area contributed by atoms with Crippen molar-refractivity contribution in [1.29, 1.82) is 0 Å². The number of nitrogens with zero attached hydrogens (tertiary/aromatic N) is 5. The fraction of sp³-hybridized carbons (Fsp3) is 0.211. The SMILES string of the molecule is Cc1cccc(N2N=C(C(=O)NCc3nnc4ccccn34)CCC2=O)c1. The summed E-state index contributed by atoms with van der Waals surface area (Å²) in [7, 11) is 0. The third-order valence-electron chi connectivity index (χ3n) is 4.33. The number of fused-ring (bicyclic) bond motifs is 1. The number of hydrazone groups is 1. The van der Waals surface area contributed by atoms with Gasteiger partial charge in [0, 0.05) is 19.0 Å². The summed E-state index contributed by atoms with van der Waals surface area (Å²) in [6.45, 7) is 2.17. The van der Waals surface area contributed by atoms with Crippen molar-refractivity contribution >= 4 is 28.9 Å². The smallest absolute Gasteiger partial charge is 0.267 e. The van der Waals surface area contributed by atoms with E-state index in [9.17, 15) is 9.59 Å². The number of amides is 2. The normalized spacial score (nSPS) is 14.3. The Kier molecular flexibility index (Phi) is 4.37. The number of benzene rings is 1. The van der Waals surface area contributed by atoms with E-state index < -0.39 is 0 Å². The Morgan fingerprint density at radius 2 is 2.04 bits per heavy atom. The molecule has 2 amide bonds. The Balaban J connectivity index is 1.51. The minimum Gasteiger partial charge on any atom is -0.344 e. The third-order valence-corrected chi connectivity index (χ3v) is 4.33. The van der Waals surface area contributed by atoms with Crippen LogP contribution >= 0.6 is 0 Å².